The van der Waals surface area contributed by atoms with E-state index in [0.29, 0.717) is 5.56 Å². The van der Waals surface area contributed by atoms with Crippen LogP contribution in [0.25, 0.3) is 0 Å². The molecule has 0 fully saturated rings. The summed E-state index contributed by atoms with van der Waals surface area (Å²) in [6.07, 6.45) is 4.69. The molecular formula is C16H19BrO2. The lowest BCUT2D eigenvalue weighted by molar-refractivity contribution is 0.0600. The highest BCUT2D eigenvalue weighted by Gasteiger charge is 2.04. The third kappa shape index (κ3) is 5.94. The molecule has 1 rings (SSSR count). The summed E-state index contributed by atoms with van der Waals surface area (Å²) in [6.45, 7) is 2.19. The number of methoxy groups -OCH3 is 1. The van der Waals surface area contributed by atoms with Crippen molar-refractivity contribution in [2.75, 3.05) is 7.11 Å². The molecule has 1 aromatic carbocycles. The normalized spacial score (nSPS) is 11.3. The summed E-state index contributed by atoms with van der Waals surface area (Å²) in [6, 6.07) is 7.19. The zero-order valence-corrected chi connectivity index (χ0v) is 13.0. The number of hydrogen-bond acceptors (Lipinski definition) is 2. The van der Waals surface area contributed by atoms with Gasteiger partial charge in [-0.2, -0.15) is 0 Å². The molecule has 1 atom stereocenters. The van der Waals surface area contributed by atoms with E-state index in [9.17, 15) is 4.79 Å². The lowest BCUT2D eigenvalue weighted by Crippen LogP contribution is -2.01. The summed E-state index contributed by atoms with van der Waals surface area (Å²) >= 11 is 3.56. The van der Waals surface area contributed by atoms with Gasteiger partial charge in [-0.05, 0) is 24.6 Å². The van der Waals surface area contributed by atoms with Crippen LogP contribution in [0.2, 0.25) is 0 Å². The van der Waals surface area contributed by atoms with Crippen LogP contribution in [0.5, 0.6) is 0 Å². The van der Waals surface area contributed by atoms with E-state index in [2.05, 4.69) is 39.4 Å². The molecule has 0 radical (unpaired) electrons. The Morgan fingerprint density at radius 2 is 2.21 bits per heavy atom. The summed E-state index contributed by atoms with van der Waals surface area (Å²) in [7, 11) is 1.38. The third-order valence-corrected chi connectivity index (χ3v) is 3.40. The van der Waals surface area contributed by atoms with Gasteiger partial charge in [0.05, 0.1) is 17.5 Å². The van der Waals surface area contributed by atoms with Gasteiger partial charge in [0.25, 0.3) is 0 Å². The summed E-state index contributed by atoms with van der Waals surface area (Å²) < 4.78 is 4.69. The number of alkyl halides is 1. The minimum atomic E-state index is -0.331. The van der Waals surface area contributed by atoms with E-state index in [1.807, 2.05) is 12.1 Å². The number of rotatable bonds is 5. The second kappa shape index (κ2) is 8.77. The maximum absolute atomic E-state index is 11.4. The third-order valence-electron chi connectivity index (χ3n) is 2.72. The molecule has 0 aliphatic heterocycles. The quantitative estimate of drug-likeness (QED) is 0.352. The molecule has 0 amide bonds. The van der Waals surface area contributed by atoms with Crippen molar-refractivity contribution >= 4 is 21.9 Å². The van der Waals surface area contributed by atoms with Gasteiger partial charge < -0.3 is 4.74 Å². The number of benzene rings is 1. The van der Waals surface area contributed by atoms with E-state index in [-0.39, 0.29) is 10.8 Å². The highest BCUT2D eigenvalue weighted by Crippen LogP contribution is 2.11. The van der Waals surface area contributed by atoms with Crippen molar-refractivity contribution in [3.05, 3.63) is 35.4 Å². The Morgan fingerprint density at radius 3 is 2.89 bits per heavy atom. The van der Waals surface area contributed by atoms with Gasteiger partial charge in [0.15, 0.2) is 0 Å². The van der Waals surface area contributed by atoms with E-state index in [1.165, 1.54) is 26.4 Å². The SMILES string of the molecule is CCCCCC(Br)C#Cc1cccc(C(=O)OC)c1. The van der Waals surface area contributed by atoms with Crippen molar-refractivity contribution in [3.63, 3.8) is 0 Å². The van der Waals surface area contributed by atoms with Crippen molar-refractivity contribution in [1.29, 1.82) is 0 Å². The first-order chi connectivity index (χ1) is 9.17. The maximum Gasteiger partial charge on any atom is 0.337 e. The predicted octanol–water partition coefficient (Wildman–Crippen LogP) is 4.17. The molecular weight excluding hydrogens is 304 g/mol. The van der Waals surface area contributed by atoms with Crippen LogP contribution in [0.1, 0.15) is 48.5 Å². The predicted molar refractivity (Wildman–Crippen MR) is 81.5 cm³/mol. The van der Waals surface area contributed by atoms with Gasteiger partial charge in [-0.3, -0.25) is 0 Å². The van der Waals surface area contributed by atoms with Crippen molar-refractivity contribution in [1.82, 2.24) is 0 Å². The Bertz CT molecular complexity index is 471. The molecule has 0 aliphatic rings. The minimum absolute atomic E-state index is 0.209. The summed E-state index contributed by atoms with van der Waals surface area (Å²) in [5, 5.41) is 0. The van der Waals surface area contributed by atoms with Crippen LogP contribution in [-0.2, 0) is 4.74 Å². The number of ether oxygens (including phenoxy) is 1. The average molecular weight is 323 g/mol. The number of esters is 1. The van der Waals surface area contributed by atoms with Crippen molar-refractivity contribution in [3.8, 4) is 11.8 Å². The van der Waals surface area contributed by atoms with Crippen molar-refractivity contribution < 1.29 is 9.53 Å². The van der Waals surface area contributed by atoms with Crippen LogP contribution in [0.15, 0.2) is 24.3 Å². The van der Waals surface area contributed by atoms with Gasteiger partial charge in [0, 0.05) is 5.56 Å². The van der Waals surface area contributed by atoms with E-state index >= 15 is 0 Å². The topological polar surface area (TPSA) is 26.3 Å². The maximum atomic E-state index is 11.4. The molecule has 0 aromatic heterocycles. The highest BCUT2D eigenvalue weighted by molar-refractivity contribution is 9.09. The van der Waals surface area contributed by atoms with Gasteiger partial charge in [0.2, 0.25) is 0 Å². The number of halogens is 1. The largest absolute Gasteiger partial charge is 0.465 e. The fourth-order valence-electron chi connectivity index (χ4n) is 1.65. The molecule has 1 unspecified atom stereocenters. The number of carbonyl (C=O) groups excluding carboxylic acids is 1. The van der Waals surface area contributed by atoms with Crippen LogP contribution >= 0.6 is 15.9 Å². The first-order valence-electron chi connectivity index (χ1n) is 6.51. The molecule has 0 saturated heterocycles. The molecule has 2 nitrogen and oxygen atoms in total. The summed E-state index contributed by atoms with van der Waals surface area (Å²) in [5.41, 5.74) is 1.37. The molecule has 0 saturated carbocycles. The molecule has 0 heterocycles. The van der Waals surface area contributed by atoms with Crippen LogP contribution in [0, 0.1) is 11.8 Å². The Morgan fingerprint density at radius 1 is 1.42 bits per heavy atom. The van der Waals surface area contributed by atoms with Gasteiger partial charge in [-0.1, -0.05) is 60.0 Å². The Kier molecular flexibility index (Phi) is 7.28. The number of hydrogen-bond donors (Lipinski definition) is 0. The highest BCUT2D eigenvalue weighted by atomic mass is 79.9. The zero-order valence-electron chi connectivity index (χ0n) is 11.4. The molecule has 102 valence electrons. The second-order valence-corrected chi connectivity index (χ2v) is 5.41. The van der Waals surface area contributed by atoms with E-state index in [1.54, 1.807) is 12.1 Å². The molecule has 19 heavy (non-hydrogen) atoms. The van der Waals surface area contributed by atoms with Crippen molar-refractivity contribution in [2.24, 2.45) is 0 Å². The molecule has 3 heteroatoms. The zero-order chi connectivity index (χ0) is 14.1. The average Bonchev–Trinajstić information content (AvgIpc) is 2.45. The lowest BCUT2D eigenvalue weighted by atomic mass is 10.1. The van der Waals surface area contributed by atoms with Gasteiger partial charge >= 0.3 is 5.97 Å². The van der Waals surface area contributed by atoms with E-state index in [0.717, 1.165) is 12.0 Å². The van der Waals surface area contributed by atoms with Gasteiger partial charge in [-0.25, -0.2) is 4.79 Å². The van der Waals surface area contributed by atoms with E-state index in [4.69, 9.17) is 0 Å². The summed E-state index contributed by atoms with van der Waals surface area (Å²) in [5.74, 6) is 5.91. The minimum Gasteiger partial charge on any atom is -0.465 e. The molecule has 0 bridgehead atoms. The Balaban J connectivity index is 2.64. The van der Waals surface area contributed by atoms with Crippen LogP contribution < -0.4 is 0 Å². The van der Waals surface area contributed by atoms with Gasteiger partial charge in [0.1, 0.15) is 0 Å². The molecule has 0 N–H and O–H groups in total. The van der Waals surface area contributed by atoms with E-state index < -0.39 is 0 Å². The fourth-order valence-corrected chi connectivity index (χ4v) is 2.09. The van der Waals surface area contributed by atoms with Gasteiger partial charge in [-0.15, -0.1) is 0 Å². The number of unbranched alkanes of at least 4 members (excludes halogenated alkanes) is 2. The monoisotopic (exact) mass is 322 g/mol. The molecule has 1 aromatic rings. The summed E-state index contributed by atoms with van der Waals surface area (Å²) in [4.78, 5) is 11.6. The van der Waals surface area contributed by atoms with Crippen LogP contribution in [0.3, 0.4) is 0 Å². The second-order valence-electron chi connectivity index (χ2n) is 4.31. The van der Waals surface area contributed by atoms with Crippen LogP contribution in [0.4, 0.5) is 0 Å². The fraction of sp³-hybridized carbons (Fsp3) is 0.438. The first-order valence-corrected chi connectivity index (χ1v) is 7.43. The molecule has 0 spiro atoms. The van der Waals surface area contributed by atoms with Crippen LogP contribution in [-0.4, -0.2) is 17.9 Å². The molecule has 0 aliphatic carbocycles. The van der Waals surface area contributed by atoms with Crippen molar-refractivity contribution in [2.45, 2.75) is 37.4 Å². The Hall–Kier alpha value is -1.27. The first kappa shape index (κ1) is 15.8. The number of carbonyl (C=O) groups is 1. The Labute approximate surface area is 123 Å². The smallest absolute Gasteiger partial charge is 0.337 e. The standard InChI is InChI=1S/C16H19BrO2/c1-3-4-5-9-15(17)11-10-13-7-6-8-14(12-13)16(18)19-2/h6-8,12,15H,3-5,9H2,1-2H3. The lowest BCUT2D eigenvalue weighted by Gasteiger charge is -2.01.